The molecule has 72 valence electrons. The zero-order valence-electron chi connectivity index (χ0n) is 6.72. The van der Waals surface area contributed by atoms with Crippen LogP contribution in [-0.4, -0.2) is 19.3 Å². The summed E-state index contributed by atoms with van der Waals surface area (Å²) in [4.78, 5) is 11.9. The van der Waals surface area contributed by atoms with Crippen molar-refractivity contribution in [2.75, 3.05) is 5.73 Å². The second kappa shape index (κ2) is 4.20. The highest BCUT2D eigenvalue weighted by molar-refractivity contribution is 9.10. The molecule has 2 heterocycles. The fraction of sp³-hybridized carbons (Fsp3) is 0. The van der Waals surface area contributed by atoms with Crippen molar-refractivity contribution in [3.63, 3.8) is 0 Å². The minimum absolute atomic E-state index is 0.250. The molecule has 0 radical (unpaired) electrons. The Morgan fingerprint density at radius 2 is 2.29 bits per heavy atom. The molecule has 0 amide bonds. The van der Waals surface area contributed by atoms with Gasteiger partial charge in [-0.05, 0) is 39.2 Å². The molecule has 0 aliphatic rings. The lowest BCUT2D eigenvalue weighted by atomic mass is 10.7. The lowest BCUT2D eigenvalue weighted by molar-refractivity contribution is 1.04. The van der Waals surface area contributed by atoms with Gasteiger partial charge in [-0.15, -0.1) is 0 Å². The molecule has 0 saturated heterocycles. The fourth-order valence-electron chi connectivity index (χ4n) is 0.727. The maximum Gasteiger partial charge on any atom is 0.221 e. The van der Waals surface area contributed by atoms with Crippen LogP contribution >= 0.6 is 39.2 Å². The third kappa shape index (κ3) is 2.20. The van der Waals surface area contributed by atoms with E-state index in [1.165, 1.54) is 29.6 Å². The monoisotopic (exact) mass is 289 g/mol. The van der Waals surface area contributed by atoms with Crippen LogP contribution < -0.4 is 5.73 Å². The maximum atomic E-state index is 5.47. The van der Waals surface area contributed by atoms with Crippen molar-refractivity contribution in [1.29, 1.82) is 0 Å². The molecular weight excluding hydrogens is 286 g/mol. The van der Waals surface area contributed by atoms with E-state index < -0.39 is 0 Å². The topological polar surface area (TPSA) is 77.6 Å². The molecule has 2 rings (SSSR count). The molecule has 5 nitrogen and oxygen atoms in total. The van der Waals surface area contributed by atoms with Gasteiger partial charge in [0.25, 0.3) is 0 Å². The Hall–Kier alpha value is -0.730. The Kier molecular flexibility index (Phi) is 2.94. The predicted molar refractivity (Wildman–Crippen MR) is 58.2 cm³/mol. The molecule has 14 heavy (non-hydrogen) atoms. The number of nitrogens with zero attached hydrogens (tertiary/aromatic N) is 4. The second-order valence-corrected chi connectivity index (χ2v) is 5.06. The van der Waals surface area contributed by atoms with Crippen LogP contribution in [0.2, 0.25) is 0 Å². The highest BCUT2D eigenvalue weighted by Crippen LogP contribution is 2.31. The van der Waals surface area contributed by atoms with Crippen molar-refractivity contribution in [1.82, 2.24) is 19.3 Å². The first kappa shape index (κ1) is 9.81. The first-order valence-electron chi connectivity index (χ1n) is 3.48. The third-order valence-corrected chi connectivity index (χ3v) is 3.82. The summed E-state index contributed by atoms with van der Waals surface area (Å²) in [7, 11) is 0. The molecule has 0 fully saturated rings. The van der Waals surface area contributed by atoms with Gasteiger partial charge in [-0.2, -0.15) is 4.37 Å². The van der Waals surface area contributed by atoms with Gasteiger partial charge in [0.05, 0.1) is 4.47 Å². The van der Waals surface area contributed by atoms with E-state index in [9.17, 15) is 0 Å². The van der Waals surface area contributed by atoms with Crippen molar-refractivity contribution in [3.05, 3.63) is 17.0 Å². The minimum Gasteiger partial charge on any atom is -0.368 e. The molecular formula is C6H4BrN5S2. The Morgan fingerprint density at radius 1 is 1.43 bits per heavy atom. The van der Waals surface area contributed by atoms with Crippen LogP contribution in [0.4, 0.5) is 5.95 Å². The molecule has 0 unspecified atom stereocenters. The number of nitrogen functional groups attached to an aromatic ring is 1. The number of nitrogens with two attached hydrogens (primary N) is 1. The van der Waals surface area contributed by atoms with Crippen LogP contribution in [0.25, 0.3) is 0 Å². The van der Waals surface area contributed by atoms with E-state index >= 15 is 0 Å². The molecule has 2 aromatic rings. The van der Waals surface area contributed by atoms with Crippen molar-refractivity contribution in [3.8, 4) is 0 Å². The fourth-order valence-corrected chi connectivity index (χ4v) is 2.51. The molecule has 2 N–H and O–H groups in total. The van der Waals surface area contributed by atoms with E-state index in [0.717, 1.165) is 13.8 Å². The average molecular weight is 290 g/mol. The number of anilines is 1. The van der Waals surface area contributed by atoms with Gasteiger partial charge in [0.2, 0.25) is 5.95 Å². The molecule has 0 aromatic carbocycles. The van der Waals surface area contributed by atoms with Crippen LogP contribution in [0, 0.1) is 0 Å². The van der Waals surface area contributed by atoms with Gasteiger partial charge < -0.3 is 5.73 Å². The summed E-state index contributed by atoms with van der Waals surface area (Å²) in [5.74, 6) is 0.250. The van der Waals surface area contributed by atoms with E-state index in [0.29, 0.717) is 0 Å². The molecule has 0 bridgehead atoms. The molecule has 2 aromatic heterocycles. The van der Waals surface area contributed by atoms with Crippen LogP contribution in [0.5, 0.6) is 0 Å². The van der Waals surface area contributed by atoms with E-state index in [2.05, 4.69) is 35.3 Å². The largest absolute Gasteiger partial charge is 0.368 e. The summed E-state index contributed by atoms with van der Waals surface area (Å²) >= 11 is 6.05. The van der Waals surface area contributed by atoms with Crippen LogP contribution in [-0.2, 0) is 0 Å². The Balaban J connectivity index is 2.28. The van der Waals surface area contributed by atoms with Crippen molar-refractivity contribution in [2.24, 2.45) is 0 Å². The summed E-state index contributed by atoms with van der Waals surface area (Å²) in [6.07, 6.45) is 3.12. The molecule has 0 spiro atoms. The second-order valence-electron chi connectivity index (χ2n) is 2.19. The molecule has 0 aliphatic heterocycles. The van der Waals surface area contributed by atoms with Crippen LogP contribution in [0.15, 0.2) is 26.4 Å². The van der Waals surface area contributed by atoms with Crippen molar-refractivity contribution >= 4 is 45.2 Å². The Bertz CT molecular complexity index is 432. The lowest BCUT2D eigenvalue weighted by Crippen LogP contribution is -1.95. The predicted octanol–water partition coefficient (Wildman–Crippen LogP) is 1.82. The summed E-state index contributed by atoms with van der Waals surface area (Å²) < 4.78 is 5.51. The van der Waals surface area contributed by atoms with E-state index in [1.807, 2.05) is 0 Å². The highest BCUT2D eigenvalue weighted by atomic mass is 79.9. The van der Waals surface area contributed by atoms with Gasteiger partial charge in [-0.3, -0.25) is 0 Å². The minimum atomic E-state index is 0.250. The third-order valence-electron chi connectivity index (χ3n) is 1.26. The number of halogens is 1. The summed E-state index contributed by atoms with van der Waals surface area (Å²) in [5, 5.41) is 0.745. The molecule has 8 heteroatoms. The van der Waals surface area contributed by atoms with Crippen LogP contribution in [0.1, 0.15) is 0 Å². The van der Waals surface area contributed by atoms with Gasteiger partial charge in [-0.1, -0.05) is 0 Å². The smallest absolute Gasteiger partial charge is 0.221 e. The zero-order chi connectivity index (χ0) is 9.97. The number of rotatable bonds is 2. The maximum absolute atomic E-state index is 5.47. The van der Waals surface area contributed by atoms with Crippen molar-refractivity contribution < 1.29 is 0 Å². The summed E-state index contributed by atoms with van der Waals surface area (Å²) in [6.45, 7) is 0. The first-order chi connectivity index (χ1) is 6.75. The SMILES string of the molecule is Nc1ncc(Br)c(Sc2ncns2)n1. The normalized spacial score (nSPS) is 10.4. The Labute approximate surface area is 96.5 Å². The van der Waals surface area contributed by atoms with E-state index in [4.69, 9.17) is 5.73 Å². The van der Waals surface area contributed by atoms with Gasteiger partial charge in [0.1, 0.15) is 11.4 Å². The molecule has 0 saturated carbocycles. The van der Waals surface area contributed by atoms with E-state index in [-0.39, 0.29) is 5.95 Å². The van der Waals surface area contributed by atoms with Crippen LogP contribution in [0.3, 0.4) is 0 Å². The number of hydrogen-bond acceptors (Lipinski definition) is 7. The quantitative estimate of drug-likeness (QED) is 0.850. The average Bonchev–Trinajstić information content (AvgIpc) is 2.64. The van der Waals surface area contributed by atoms with Gasteiger partial charge >= 0.3 is 0 Å². The summed E-state index contributed by atoms with van der Waals surface area (Å²) in [5.41, 5.74) is 5.47. The van der Waals surface area contributed by atoms with Crippen molar-refractivity contribution in [2.45, 2.75) is 9.37 Å². The van der Waals surface area contributed by atoms with Gasteiger partial charge in [0.15, 0.2) is 4.34 Å². The number of aromatic nitrogens is 4. The van der Waals surface area contributed by atoms with Gasteiger partial charge in [-0.25, -0.2) is 15.0 Å². The zero-order valence-corrected chi connectivity index (χ0v) is 9.93. The number of hydrogen-bond donors (Lipinski definition) is 1. The molecule has 0 aliphatic carbocycles. The standard InChI is InChI=1S/C6H4BrN5S2/c7-3-1-9-5(8)12-4(3)13-6-10-2-11-14-6/h1-2H,(H2,8,9,12). The Morgan fingerprint density at radius 3 is 3.00 bits per heavy atom. The highest BCUT2D eigenvalue weighted by Gasteiger charge is 2.07. The van der Waals surface area contributed by atoms with E-state index in [1.54, 1.807) is 6.20 Å². The summed E-state index contributed by atoms with van der Waals surface area (Å²) in [6, 6.07) is 0. The lowest BCUT2D eigenvalue weighted by Gasteiger charge is -1.99. The van der Waals surface area contributed by atoms with Gasteiger partial charge in [0, 0.05) is 6.20 Å². The molecule has 0 atom stereocenters. The first-order valence-corrected chi connectivity index (χ1v) is 5.86.